The fraction of sp³-hybridized carbons (Fsp3) is 0.240. The van der Waals surface area contributed by atoms with Crippen molar-refractivity contribution in [1.29, 1.82) is 0 Å². The molecule has 0 bridgehead atoms. The van der Waals surface area contributed by atoms with Crippen LogP contribution >= 0.6 is 23.4 Å². The first-order valence-corrected chi connectivity index (χ1v) is 12.1. The lowest BCUT2D eigenvalue weighted by Crippen LogP contribution is -2.31. The van der Waals surface area contributed by atoms with Crippen molar-refractivity contribution >= 4 is 40.4 Å². The van der Waals surface area contributed by atoms with E-state index in [1.807, 2.05) is 54.8 Å². The number of thioether (sulfide) groups is 1. The van der Waals surface area contributed by atoms with Gasteiger partial charge in [-0.25, -0.2) is 14.4 Å². The van der Waals surface area contributed by atoms with Gasteiger partial charge in [0.15, 0.2) is 10.8 Å². The Bertz CT molecular complexity index is 1260. The molecule has 33 heavy (non-hydrogen) atoms. The van der Waals surface area contributed by atoms with E-state index in [1.54, 1.807) is 18.3 Å². The normalized spacial score (nSPS) is 12.1. The largest absolute Gasteiger partial charge is 0.350 e. The molecule has 4 aromatic rings. The van der Waals surface area contributed by atoms with Gasteiger partial charge in [0.05, 0.1) is 6.54 Å². The van der Waals surface area contributed by atoms with Crippen molar-refractivity contribution in [2.24, 2.45) is 0 Å². The summed E-state index contributed by atoms with van der Waals surface area (Å²) in [5.41, 5.74) is 3.51. The molecule has 4 rings (SSSR count). The van der Waals surface area contributed by atoms with E-state index in [9.17, 15) is 9.18 Å². The molecule has 1 atom stereocenters. The van der Waals surface area contributed by atoms with Crippen LogP contribution in [-0.2, 0) is 12.3 Å². The number of amides is 1. The number of hydrogen-bond acceptors (Lipinski definition) is 4. The van der Waals surface area contributed by atoms with Crippen LogP contribution < -0.4 is 5.32 Å². The number of benzene rings is 2. The van der Waals surface area contributed by atoms with Gasteiger partial charge in [0.1, 0.15) is 11.3 Å². The predicted molar refractivity (Wildman–Crippen MR) is 131 cm³/mol. The molecular weight excluding hydrogens is 459 g/mol. The second kappa shape index (κ2) is 10.4. The Hall–Kier alpha value is -2.90. The summed E-state index contributed by atoms with van der Waals surface area (Å²) in [4.78, 5) is 21.5. The molecule has 0 unspecified atom stereocenters. The van der Waals surface area contributed by atoms with Crippen LogP contribution in [0.4, 0.5) is 4.39 Å². The molecule has 1 N–H and O–H groups in total. The highest BCUT2D eigenvalue weighted by molar-refractivity contribution is 7.98. The van der Waals surface area contributed by atoms with E-state index in [0.29, 0.717) is 27.5 Å². The van der Waals surface area contributed by atoms with Crippen LogP contribution in [0.2, 0.25) is 5.02 Å². The lowest BCUT2D eigenvalue weighted by atomic mass is 10.1. The Kier molecular flexibility index (Phi) is 7.30. The Labute approximate surface area is 201 Å². The van der Waals surface area contributed by atoms with Crippen LogP contribution in [0.15, 0.2) is 66.0 Å². The SMILES string of the molecule is CC[C@H](C)NC(=O)c1ccc(CSc2nc3cccnc3n2Cc2c(F)cccc2Cl)cc1. The number of imidazole rings is 1. The minimum Gasteiger partial charge on any atom is -0.350 e. The molecule has 0 fully saturated rings. The van der Waals surface area contributed by atoms with Crippen molar-refractivity contribution in [2.75, 3.05) is 0 Å². The summed E-state index contributed by atoms with van der Waals surface area (Å²) in [6.07, 6.45) is 2.58. The maximum atomic E-state index is 14.5. The number of carbonyl (C=O) groups excluding carboxylic acids is 1. The number of carbonyl (C=O) groups is 1. The van der Waals surface area contributed by atoms with Gasteiger partial charge >= 0.3 is 0 Å². The molecule has 2 aromatic carbocycles. The highest BCUT2D eigenvalue weighted by Gasteiger charge is 2.16. The third-order valence-electron chi connectivity index (χ3n) is 5.42. The number of rotatable bonds is 8. The Balaban J connectivity index is 1.54. The second-order valence-electron chi connectivity index (χ2n) is 7.80. The number of pyridine rings is 1. The maximum Gasteiger partial charge on any atom is 0.251 e. The van der Waals surface area contributed by atoms with Crippen LogP contribution in [0, 0.1) is 5.82 Å². The molecule has 8 heteroatoms. The molecule has 0 radical (unpaired) electrons. The summed E-state index contributed by atoms with van der Waals surface area (Å²) in [5.74, 6) is 0.211. The van der Waals surface area contributed by atoms with E-state index in [2.05, 4.69) is 10.3 Å². The molecule has 0 aliphatic carbocycles. The first-order chi connectivity index (χ1) is 16.0. The van der Waals surface area contributed by atoms with Crippen molar-refractivity contribution in [3.63, 3.8) is 0 Å². The van der Waals surface area contributed by atoms with Crippen LogP contribution in [0.5, 0.6) is 0 Å². The van der Waals surface area contributed by atoms with Crippen molar-refractivity contribution in [2.45, 2.75) is 43.8 Å². The maximum absolute atomic E-state index is 14.5. The zero-order valence-corrected chi connectivity index (χ0v) is 20.0. The lowest BCUT2D eigenvalue weighted by Gasteiger charge is -2.12. The Morgan fingerprint density at radius 3 is 2.70 bits per heavy atom. The monoisotopic (exact) mass is 482 g/mol. The van der Waals surface area contributed by atoms with E-state index in [4.69, 9.17) is 16.6 Å². The minimum absolute atomic E-state index is 0.0711. The molecule has 2 heterocycles. The summed E-state index contributed by atoms with van der Waals surface area (Å²) < 4.78 is 16.3. The summed E-state index contributed by atoms with van der Waals surface area (Å²) in [6, 6.07) is 16.1. The van der Waals surface area contributed by atoms with Gasteiger partial charge in [-0.2, -0.15) is 0 Å². The third-order valence-corrected chi connectivity index (χ3v) is 6.82. The quantitative estimate of drug-likeness (QED) is 0.308. The molecular formula is C25H24ClFN4OS. The van der Waals surface area contributed by atoms with E-state index >= 15 is 0 Å². The van der Waals surface area contributed by atoms with E-state index in [-0.39, 0.29) is 24.3 Å². The average molecular weight is 483 g/mol. The van der Waals surface area contributed by atoms with Crippen molar-refractivity contribution in [3.8, 4) is 0 Å². The molecule has 0 aliphatic heterocycles. The third kappa shape index (κ3) is 5.37. The molecule has 170 valence electrons. The van der Waals surface area contributed by atoms with Gasteiger partial charge < -0.3 is 5.32 Å². The number of aromatic nitrogens is 3. The summed E-state index contributed by atoms with van der Waals surface area (Å²) in [7, 11) is 0. The molecule has 0 spiro atoms. The number of halogens is 2. The summed E-state index contributed by atoms with van der Waals surface area (Å²) in [6.45, 7) is 4.25. The van der Waals surface area contributed by atoms with E-state index in [1.165, 1.54) is 17.8 Å². The minimum atomic E-state index is -0.359. The molecule has 0 saturated heterocycles. The zero-order chi connectivity index (χ0) is 23.4. The van der Waals surface area contributed by atoms with Crippen LogP contribution in [0.1, 0.15) is 41.8 Å². The fourth-order valence-corrected chi connectivity index (χ4v) is 4.52. The predicted octanol–water partition coefficient (Wildman–Crippen LogP) is 6.09. The lowest BCUT2D eigenvalue weighted by molar-refractivity contribution is 0.0939. The zero-order valence-electron chi connectivity index (χ0n) is 18.4. The van der Waals surface area contributed by atoms with Gasteiger partial charge in [-0.1, -0.05) is 48.5 Å². The van der Waals surface area contributed by atoms with Gasteiger partial charge in [-0.15, -0.1) is 0 Å². The fourth-order valence-electron chi connectivity index (χ4n) is 3.34. The van der Waals surface area contributed by atoms with Gasteiger partial charge in [0.2, 0.25) is 0 Å². The molecule has 0 saturated carbocycles. The number of fused-ring (bicyclic) bond motifs is 1. The molecule has 2 aromatic heterocycles. The average Bonchev–Trinajstić information content (AvgIpc) is 3.17. The van der Waals surface area contributed by atoms with Gasteiger partial charge in [-0.3, -0.25) is 9.36 Å². The van der Waals surface area contributed by atoms with Gasteiger partial charge in [0, 0.05) is 34.1 Å². The number of nitrogens with one attached hydrogen (secondary N) is 1. The summed E-state index contributed by atoms with van der Waals surface area (Å²) in [5, 5.41) is 4.07. The first-order valence-electron chi connectivity index (χ1n) is 10.7. The van der Waals surface area contributed by atoms with Crippen molar-refractivity contribution in [3.05, 3.63) is 88.3 Å². The van der Waals surface area contributed by atoms with E-state index < -0.39 is 0 Å². The molecule has 1 amide bonds. The second-order valence-corrected chi connectivity index (χ2v) is 9.14. The van der Waals surface area contributed by atoms with Crippen molar-refractivity contribution < 1.29 is 9.18 Å². The summed E-state index contributed by atoms with van der Waals surface area (Å²) >= 11 is 7.80. The molecule has 5 nitrogen and oxygen atoms in total. The smallest absolute Gasteiger partial charge is 0.251 e. The topological polar surface area (TPSA) is 59.8 Å². The van der Waals surface area contributed by atoms with Crippen LogP contribution in [-0.4, -0.2) is 26.5 Å². The molecule has 0 aliphatic rings. The van der Waals surface area contributed by atoms with Gasteiger partial charge in [-0.05, 0) is 55.3 Å². The first kappa shape index (κ1) is 23.3. The van der Waals surface area contributed by atoms with Crippen LogP contribution in [0.3, 0.4) is 0 Å². The van der Waals surface area contributed by atoms with Gasteiger partial charge in [0.25, 0.3) is 5.91 Å². The van der Waals surface area contributed by atoms with Crippen molar-refractivity contribution in [1.82, 2.24) is 19.9 Å². The highest BCUT2D eigenvalue weighted by atomic mass is 35.5. The van der Waals surface area contributed by atoms with Crippen LogP contribution in [0.25, 0.3) is 11.2 Å². The van der Waals surface area contributed by atoms with E-state index in [0.717, 1.165) is 22.7 Å². The highest BCUT2D eigenvalue weighted by Crippen LogP contribution is 2.29. The standard InChI is InChI=1S/C25H24ClFN4OS/c1-3-16(2)29-24(32)18-11-9-17(10-12-18)15-33-25-30-22-8-5-13-28-23(22)31(25)14-19-20(26)6-4-7-21(19)27/h4-13,16H,3,14-15H2,1-2H3,(H,29,32)/t16-/m0/s1. The Morgan fingerprint density at radius 1 is 1.18 bits per heavy atom. The number of hydrogen-bond donors (Lipinski definition) is 1. The Morgan fingerprint density at radius 2 is 1.97 bits per heavy atom. The number of nitrogens with zero attached hydrogens (tertiary/aromatic N) is 3.